The van der Waals surface area contributed by atoms with Crippen molar-refractivity contribution in [2.75, 3.05) is 13.2 Å². The second-order valence-corrected chi connectivity index (χ2v) is 7.85. The van der Waals surface area contributed by atoms with Crippen LogP contribution in [0.2, 0.25) is 0 Å². The number of guanidine groups is 1. The van der Waals surface area contributed by atoms with Crippen molar-refractivity contribution in [3.63, 3.8) is 0 Å². The van der Waals surface area contributed by atoms with Crippen LogP contribution in [0.4, 0.5) is 0 Å². The molecule has 122 valence electrons. The molecule has 0 aromatic carbocycles. The lowest BCUT2D eigenvalue weighted by Crippen LogP contribution is -2.71. The number of aliphatic imine (C=N–C) groups is 1. The van der Waals surface area contributed by atoms with Crippen LogP contribution in [-0.2, 0) is 11.3 Å². The molecule has 1 saturated heterocycles. The summed E-state index contributed by atoms with van der Waals surface area (Å²) >= 11 is 1.76. The van der Waals surface area contributed by atoms with Gasteiger partial charge in [0.2, 0.25) is 0 Å². The van der Waals surface area contributed by atoms with E-state index < -0.39 is 0 Å². The highest BCUT2D eigenvalue weighted by molar-refractivity contribution is 7.09. The van der Waals surface area contributed by atoms with Gasteiger partial charge < -0.3 is 15.4 Å². The third-order valence-electron chi connectivity index (χ3n) is 4.94. The monoisotopic (exact) mass is 321 g/mol. The summed E-state index contributed by atoms with van der Waals surface area (Å²) in [6.45, 7) is 9.27. The third kappa shape index (κ3) is 3.01. The van der Waals surface area contributed by atoms with Crippen LogP contribution in [0.15, 0.2) is 22.5 Å². The zero-order valence-electron chi connectivity index (χ0n) is 13.8. The molecule has 22 heavy (non-hydrogen) atoms. The molecule has 5 heteroatoms. The summed E-state index contributed by atoms with van der Waals surface area (Å²) in [6.07, 6.45) is 2.84. The first-order valence-electron chi connectivity index (χ1n) is 8.31. The Morgan fingerprint density at radius 3 is 3.09 bits per heavy atom. The minimum Gasteiger partial charge on any atom is -0.377 e. The molecule has 1 aromatic rings. The van der Waals surface area contributed by atoms with Crippen molar-refractivity contribution < 1.29 is 4.74 Å². The van der Waals surface area contributed by atoms with Gasteiger partial charge in [0.15, 0.2) is 5.96 Å². The van der Waals surface area contributed by atoms with Gasteiger partial charge in [-0.25, -0.2) is 4.99 Å². The van der Waals surface area contributed by atoms with E-state index in [2.05, 4.69) is 48.9 Å². The molecule has 2 fully saturated rings. The topological polar surface area (TPSA) is 45.7 Å². The summed E-state index contributed by atoms with van der Waals surface area (Å²) in [5.41, 5.74) is 0.171. The van der Waals surface area contributed by atoms with Gasteiger partial charge >= 0.3 is 0 Å². The minimum absolute atomic E-state index is 0.171. The van der Waals surface area contributed by atoms with Crippen molar-refractivity contribution in [3.8, 4) is 0 Å². The molecule has 3 unspecified atom stereocenters. The zero-order valence-corrected chi connectivity index (χ0v) is 14.6. The van der Waals surface area contributed by atoms with E-state index in [1.807, 2.05) is 0 Å². The maximum Gasteiger partial charge on any atom is 0.191 e. The first-order valence-corrected chi connectivity index (χ1v) is 9.19. The molecule has 0 amide bonds. The van der Waals surface area contributed by atoms with Crippen LogP contribution >= 0.6 is 11.3 Å². The number of nitrogens with one attached hydrogen (secondary N) is 2. The Labute approximate surface area is 137 Å². The Morgan fingerprint density at radius 2 is 2.36 bits per heavy atom. The number of nitrogens with zero attached hydrogens (tertiary/aromatic N) is 1. The molecule has 0 bridgehead atoms. The summed E-state index contributed by atoms with van der Waals surface area (Å²) in [6, 6.07) is 4.66. The standard InChI is InChI=1S/C17H27N3OS/c1-4-18-16(19-11-12-7-6-10-22-12)20-14-13-8-5-9-21-15(13)17(14,2)3/h6-7,10,13-15H,4-5,8-9,11H2,1-3H3,(H2,18,19,20). The summed E-state index contributed by atoms with van der Waals surface area (Å²) < 4.78 is 5.98. The molecule has 2 N–H and O–H groups in total. The van der Waals surface area contributed by atoms with Gasteiger partial charge in [0.1, 0.15) is 0 Å². The fourth-order valence-corrected chi connectivity index (χ4v) is 4.47. The number of thiophene rings is 1. The van der Waals surface area contributed by atoms with Crippen molar-refractivity contribution in [3.05, 3.63) is 22.4 Å². The van der Waals surface area contributed by atoms with E-state index in [9.17, 15) is 0 Å². The number of hydrogen-bond acceptors (Lipinski definition) is 3. The third-order valence-corrected chi connectivity index (χ3v) is 5.80. The Kier molecular flexibility index (Phi) is 4.73. The largest absolute Gasteiger partial charge is 0.377 e. The second-order valence-electron chi connectivity index (χ2n) is 6.82. The fourth-order valence-electron chi connectivity index (χ4n) is 3.84. The van der Waals surface area contributed by atoms with Gasteiger partial charge in [0.25, 0.3) is 0 Å². The molecule has 2 aliphatic rings. The minimum atomic E-state index is 0.171. The Morgan fingerprint density at radius 1 is 1.50 bits per heavy atom. The van der Waals surface area contributed by atoms with Gasteiger partial charge in [-0.3, -0.25) is 0 Å². The predicted octanol–water partition coefficient (Wildman–Crippen LogP) is 3.01. The lowest BCUT2D eigenvalue weighted by Gasteiger charge is -2.60. The molecular weight excluding hydrogens is 294 g/mol. The van der Waals surface area contributed by atoms with Crippen molar-refractivity contribution in [1.82, 2.24) is 10.6 Å². The van der Waals surface area contributed by atoms with Gasteiger partial charge in [-0.05, 0) is 31.2 Å². The molecule has 1 aliphatic carbocycles. The smallest absolute Gasteiger partial charge is 0.191 e. The molecule has 1 aliphatic heterocycles. The SMILES string of the molecule is CCNC(=NCc1cccs1)NC1C2CCCOC2C1(C)C. The highest BCUT2D eigenvalue weighted by Crippen LogP contribution is 2.51. The van der Waals surface area contributed by atoms with Crippen LogP contribution in [0.1, 0.15) is 38.5 Å². The normalized spacial score (nSPS) is 30.3. The summed E-state index contributed by atoms with van der Waals surface area (Å²) in [5, 5.41) is 9.15. The van der Waals surface area contributed by atoms with Crippen LogP contribution in [0.25, 0.3) is 0 Å². The van der Waals surface area contributed by atoms with Crippen molar-refractivity contribution in [1.29, 1.82) is 0 Å². The Hall–Kier alpha value is -1.07. The van der Waals surface area contributed by atoms with Crippen molar-refractivity contribution >= 4 is 17.3 Å². The summed E-state index contributed by atoms with van der Waals surface area (Å²) in [5.74, 6) is 1.55. The number of ether oxygens (including phenoxy) is 1. The second kappa shape index (κ2) is 6.59. The average Bonchev–Trinajstić information content (AvgIpc) is 3.03. The van der Waals surface area contributed by atoms with Crippen LogP contribution in [0.5, 0.6) is 0 Å². The van der Waals surface area contributed by atoms with Gasteiger partial charge in [-0.15, -0.1) is 11.3 Å². The first-order chi connectivity index (χ1) is 10.6. The van der Waals surface area contributed by atoms with Gasteiger partial charge in [-0.2, -0.15) is 0 Å². The van der Waals surface area contributed by atoms with E-state index in [4.69, 9.17) is 9.73 Å². The maximum atomic E-state index is 5.98. The molecule has 3 atom stereocenters. The van der Waals surface area contributed by atoms with Crippen molar-refractivity contribution in [2.24, 2.45) is 16.3 Å². The molecule has 1 aromatic heterocycles. The van der Waals surface area contributed by atoms with E-state index in [1.54, 1.807) is 11.3 Å². The highest BCUT2D eigenvalue weighted by Gasteiger charge is 2.58. The quantitative estimate of drug-likeness (QED) is 0.662. The molecule has 3 rings (SSSR count). The predicted molar refractivity (Wildman–Crippen MR) is 92.3 cm³/mol. The first kappa shape index (κ1) is 15.8. The molecule has 0 radical (unpaired) electrons. The lowest BCUT2D eigenvalue weighted by molar-refractivity contribution is -0.188. The van der Waals surface area contributed by atoms with E-state index >= 15 is 0 Å². The van der Waals surface area contributed by atoms with E-state index in [-0.39, 0.29) is 5.41 Å². The van der Waals surface area contributed by atoms with Crippen LogP contribution in [0, 0.1) is 11.3 Å². The number of rotatable bonds is 4. The zero-order chi connectivity index (χ0) is 15.6. The summed E-state index contributed by atoms with van der Waals surface area (Å²) in [7, 11) is 0. The lowest BCUT2D eigenvalue weighted by atomic mass is 9.55. The Balaban J connectivity index is 1.66. The van der Waals surface area contributed by atoms with Gasteiger partial charge in [-0.1, -0.05) is 19.9 Å². The van der Waals surface area contributed by atoms with Crippen LogP contribution < -0.4 is 10.6 Å². The maximum absolute atomic E-state index is 5.98. The van der Waals surface area contributed by atoms with E-state index in [1.165, 1.54) is 17.7 Å². The summed E-state index contributed by atoms with van der Waals surface area (Å²) in [4.78, 5) is 6.04. The molecular formula is C17H27N3OS. The van der Waals surface area contributed by atoms with Crippen LogP contribution in [0.3, 0.4) is 0 Å². The molecule has 0 spiro atoms. The number of fused-ring (bicyclic) bond motifs is 1. The highest BCUT2D eigenvalue weighted by atomic mass is 32.1. The van der Waals surface area contributed by atoms with E-state index in [0.29, 0.717) is 18.1 Å². The molecule has 4 nitrogen and oxygen atoms in total. The molecule has 1 saturated carbocycles. The fraction of sp³-hybridized carbons (Fsp3) is 0.706. The van der Waals surface area contributed by atoms with Gasteiger partial charge in [0.05, 0.1) is 12.6 Å². The van der Waals surface area contributed by atoms with Crippen LogP contribution in [-0.4, -0.2) is 31.3 Å². The molecule has 2 heterocycles. The number of hydrogen-bond donors (Lipinski definition) is 2. The van der Waals surface area contributed by atoms with Gasteiger partial charge in [0, 0.05) is 35.4 Å². The Bertz CT molecular complexity index is 512. The van der Waals surface area contributed by atoms with E-state index in [0.717, 1.165) is 25.7 Å². The van der Waals surface area contributed by atoms with Crippen molar-refractivity contribution in [2.45, 2.75) is 52.3 Å². The average molecular weight is 321 g/mol.